The zero-order chi connectivity index (χ0) is 26.3. The van der Waals surface area contributed by atoms with E-state index in [4.69, 9.17) is 4.74 Å². The van der Waals surface area contributed by atoms with Crippen molar-refractivity contribution in [2.45, 2.75) is 32.9 Å². The van der Waals surface area contributed by atoms with Crippen molar-refractivity contribution in [2.75, 3.05) is 0 Å². The minimum Gasteiger partial charge on any atom is -0.487 e. The number of carboxylic acid groups (broad SMARTS) is 1. The molecule has 0 amide bonds. The first-order valence-electron chi connectivity index (χ1n) is 12.6. The summed E-state index contributed by atoms with van der Waals surface area (Å²) < 4.78 is 8.10. The highest BCUT2D eigenvalue weighted by atomic mass is 32.1. The number of carbonyl (C=O) groups is 1. The van der Waals surface area contributed by atoms with Crippen molar-refractivity contribution in [1.82, 2.24) is 14.5 Å². The minimum atomic E-state index is -0.750. The molecule has 0 spiro atoms. The van der Waals surface area contributed by atoms with E-state index in [-0.39, 0.29) is 0 Å². The summed E-state index contributed by atoms with van der Waals surface area (Å²) in [7, 11) is 0. The van der Waals surface area contributed by atoms with Crippen LogP contribution in [0.15, 0.2) is 96.8 Å². The molecule has 7 heteroatoms. The molecule has 0 saturated carbocycles. The fraction of sp³-hybridized carbons (Fsp3) is 0.194. The molecule has 0 aliphatic rings. The number of hydrogen-bond acceptors (Lipinski definition) is 5. The molecule has 0 fully saturated rings. The van der Waals surface area contributed by atoms with Crippen LogP contribution in [0.1, 0.15) is 30.2 Å². The fourth-order valence-electron chi connectivity index (χ4n) is 4.40. The predicted octanol–water partition coefficient (Wildman–Crippen LogP) is 6.95. The Kier molecular flexibility index (Phi) is 7.95. The summed E-state index contributed by atoms with van der Waals surface area (Å²) in [5, 5.41) is 12.5. The lowest BCUT2D eigenvalue weighted by molar-refractivity contribution is -0.141. The lowest BCUT2D eigenvalue weighted by Crippen LogP contribution is -2.15. The Balaban J connectivity index is 1.26. The van der Waals surface area contributed by atoms with E-state index in [0.717, 1.165) is 44.4 Å². The molecule has 2 aromatic carbocycles. The Hall–Kier alpha value is -4.23. The number of nitrogens with zero attached hydrogens (tertiary/aromatic N) is 3. The third kappa shape index (κ3) is 6.18. The van der Waals surface area contributed by atoms with Crippen LogP contribution in [0.5, 0.6) is 5.75 Å². The Morgan fingerprint density at radius 2 is 1.82 bits per heavy atom. The molecule has 0 aliphatic heterocycles. The lowest BCUT2D eigenvalue weighted by Gasteiger charge is -2.10. The van der Waals surface area contributed by atoms with Crippen molar-refractivity contribution in [3.8, 4) is 27.6 Å². The van der Waals surface area contributed by atoms with Gasteiger partial charge in [-0.15, -0.1) is 11.3 Å². The van der Waals surface area contributed by atoms with Crippen LogP contribution in [-0.2, 0) is 24.4 Å². The Labute approximate surface area is 226 Å². The molecule has 0 radical (unpaired) electrons. The molecule has 6 nitrogen and oxygen atoms in total. The van der Waals surface area contributed by atoms with Gasteiger partial charge in [0.2, 0.25) is 0 Å². The molecule has 192 valence electrons. The summed E-state index contributed by atoms with van der Waals surface area (Å²) in [4.78, 5) is 20.7. The zero-order valence-electron chi connectivity index (χ0n) is 21.2. The van der Waals surface area contributed by atoms with Crippen LogP contribution in [0.25, 0.3) is 21.8 Å². The molecule has 5 rings (SSSR count). The molecule has 3 heterocycles. The van der Waals surface area contributed by atoms with Gasteiger partial charge < -0.3 is 14.4 Å². The second-order valence-electron chi connectivity index (χ2n) is 9.17. The van der Waals surface area contributed by atoms with E-state index in [1.807, 2.05) is 60.8 Å². The second kappa shape index (κ2) is 11.9. The number of benzene rings is 2. The molecule has 1 atom stereocenters. The molecule has 0 bridgehead atoms. The standard InChI is InChI=1S/C31H29N3O3S/c1-2-23(31(35)36)16-25-18-34(19-28(25)24-8-4-3-5-9-24)17-22-11-13-27(14-12-22)37-20-26-21-38-30(33-26)29-10-6-7-15-32-29/h3-15,18-19,21,23H,2,16-17,20H2,1H3,(H,35,36). The second-order valence-corrected chi connectivity index (χ2v) is 10.0. The maximum absolute atomic E-state index is 11.7. The van der Waals surface area contributed by atoms with E-state index in [1.54, 1.807) is 17.5 Å². The zero-order valence-corrected chi connectivity index (χ0v) is 22.0. The fourth-order valence-corrected chi connectivity index (χ4v) is 5.18. The number of hydrogen-bond donors (Lipinski definition) is 1. The van der Waals surface area contributed by atoms with Gasteiger partial charge in [-0.3, -0.25) is 9.78 Å². The van der Waals surface area contributed by atoms with Crippen molar-refractivity contribution in [2.24, 2.45) is 5.92 Å². The highest BCUT2D eigenvalue weighted by Crippen LogP contribution is 2.29. The van der Waals surface area contributed by atoms with Crippen molar-refractivity contribution in [1.29, 1.82) is 0 Å². The molecule has 3 aromatic heterocycles. The Morgan fingerprint density at radius 3 is 2.53 bits per heavy atom. The number of carboxylic acids is 1. The summed E-state index contributed by atoms with van der Waals surface area (Å²) in [6.07, 6.45) is 7.07. The van der Waals surface area contributed by atoms with Crippen LogP contribution in [0.2, 0.25) is 0 Å². The van der Waals surface area contributed by atoms with Crippen LogP contribution in [0.3, 0.4) is 0 Å². The van der Waals surface area contributed by atoms with Gasteiger partial charge in [0.1, 0.15) is 17.4 Å². The minimum absolute atomic E-state index is 0.395. The quantitative estimate of drug-likeness (QED) is 0.203. The van der Waals surface area contributed by atoms with Gasteiger partial charge in [0.25, 0.3) is 0 Å². The SMILES string of the molecule is CCC(Cc1cn(Cc2ccc(OCc3csc(-c4ccccn4)n3)cc2)cc1-c1ccccc1)C(=O)O. The average molecular weight is 524 g/mol. The first-order chi connectivity index (χ1) is 18.6. The van der Waals surface area contributed by atoms with Crippen molar-refractivity contribution < 1.29 is 14.6 Å². The molecule has 0 saturated heterocycles. The summed E-state index contributed by atoms with van der Waals surface area (Å²) in [6.45, 7) is 3.01. The summed E-state index contributed by atoms with van der Waals surface area (Å²) in [6, 6.07) is 24.0. The van der Waals surface area contributed by atoms with Crippen LogP contribution in [0, 0.1) is 5.92 Å². The van der Waals surface area contributed by atoms with Gasteiger partial charge >= 0.3 is 5.97 Å². The monoisotopic (exact) mass is 523 g/mol. The van der Waals surface area contributed by atoms with Gasteiger partial charge in [0.15, 0.2) is 0 Å². The lowest BCUT2D eigenvalue weighted by atomic mass is 9.94. The summed E-state index contributed by atoms with van der Waals surface area (Å²) in [5.74, 6) is -0.366. The van der Waals surface area contributed by atoms with Crippen molar-refractivity contribution >= 4 is 17.3 Å². The van der Waals surface area contributed by atoms with E-state index < -0.39 is 11.9 Å². The number of pyridine rings is 1. The van der Waals surface area contributed by atoms with Gasteiger partial charge in [-0.05, 0) is 53.8 Å². The molecule has 5 aromatic rings. The van der Waals surface area contributed by atoms with Crippen LogP contribution < -0.4 is 4.74 Å². The Morgan fingerprint density at radius 1 is 1.03 bits per heavy atom. The molecule has 0 aliphatic carbocycles. The van der Waals surface area contributed by atoms with E-state index in [9.17, 15) is 9.90 Å². The van der Waals surface area contributed by atoms with E-state index in [0.29, 0.717) is 26.0 Å². The van der Waals surface area contributed by atoms with Crippen molar-refractivity contribution in [3.05, 3.63) is 114 Å². The highest BCUT2D eigenvalue weighted by molar-refractivity contribution is 7.13. The highest BCUT2D eigenvalue weighted by Gasteiger charge is 2.19. The largest absolute Gasteiger partial charge is 0.487 e. The van der Waals surface area contributed by atoms with Crippen LogP contribution >= 0.6 is 11.3 Å². The van der Waals surface area contributed by atoms with Gasteiger partial charge in [0, 0.05) is 36.1 Å². The first-order valence-corrected chi connectivity index (χ1v) is 13.5. The summed E-state index contributed by atoms with van der Waals surface area (Å²) >= 11 is 1.56. The number of ether oxygens (including phenoxy) is 1. The van der Waals surface area contributed by atoms with Gasteiger partial charge in [0.05, 0.1) is 17.3 Å². The molecular formula is C31H29N3O3S. The predicted molar refractivity (Wildman–Crippen MR) is 150 cm³/mol. The van der Waals surface area contributed by atoms with Gasteiger partial charge in [-0.1, -0.05) is 55.5 Å². The van der Waals surface area contributed by atoms with Crippen LogP contribution in [0.4, 0.5) is 0 Å². The number of thiazole rings is 1. The van der Waals surface area contributed by atoms with E-state index >= 15 is 0 Å². The molecule has 38 heavy (non-hydrogen) atoms. The smallest absolute Gasteiger partial charge is 0.306 e. The molecule has 1 N–H and O–H groups in total. The van der Waals surface area contributed by atoms with E-state index in [1.165, 1.54) is 0 Å². The maximum Gasteiger partial charge on any atom is 0.306 e. The van der Waals surface area contributed by atoms with Crippen molar-refractivity contribution in [3.63, 3.8) is 0 Å². The third-order valence-corrected chi connectivity index (χ3v) is 7.38. The number of aliphatic carboxylic acids is 1. The summed E-state index contributed by atoms with van der Waals surface area (Å²) in [5.41, 5.74) is 6.11. The average Bonchev–Trinajstić information content (AvgIpc) is 3.59. The number of rotatable bonds is 11. The first kappa shape index (κ1) is 25.4. The number of aromatic nitrogens is 3. The van der Waals surface area contributed by atoms with E-state index in [2.05, 4.69) is 51.2 Å². The molecular weight excluding hydrogens is 494 g/mol. The van der Waals surface area contributed by atoms with Crippen LogP contribution in [-0.4, -0.2) is 25.6 Å². The maximum atomic E-state index is 11.7. The topological polar surface area (TPSA) is 77.2 Å². The Bertz CT molecular complexity index is 1480. The third-order valence-electron chi connectivity index (χ3n) is 6.47. The van der Waals surface area contributed by atoms with Gasteiger partial charge in [-0.25, -0.2) is 4.98 Å². The normalized spacial score (nSPS) is 11.8. The van der Waals surface area contributed by atoms with Gasteiger partial charge in [-0.2, -0.15) is 0 Å². The molecule has 1 unspecified atom stereocenters.